The molecule has 0 aliphatic heterocycles. The average Bonchev–Trinajstić information content (AvgIpc) is 2.86. The van der Waals surface area contributed by atoms with Crippen molar-refractivity contribution in [3.05, 3.63) is 29.8 Å². The summed E-state index contributed by atoms with van der Waals surface area (Å²) in [6.45, 7) is 0.632. The number of phenols is 1. The van der Waals surface area contributed by atoms with Crippen LogP contribution in [0.15, 0.2) is 24.3 Å². The molecule has 0 aromatic heterocycles. The highest BCUT2D eigenvalue weighted by atomic mass is 16.3. The quantitative estimate of drug-likeness (QED) is 0.872. The van der Waals surface area contributed by atoms with Gasteiger partial charge >= 0.3 is 0 Å². The molecule has 0 radical (unpaired) electrons. The Balaban J connectivity index is 2.02. The van der Waals surface area contributed by atoms with Crippen LogP contribution in [-0.4, -0.2) is 42.1 Å². The summed E-state index contributed by atoms with van der Waals surface area (Å²) in [6, 6.07) is 6.64. The average molecular weight is 262 g/mol. The number of aromatic hydroxyl groups is 1. The Morgan fingerprint density at radius 3 is 2.53 bits per heavy atom. The molecule has 0 saturated heterocycles. The first-order valence-electron chi connectivity index (χ1n) is 6.79. The number of nitrogens with zero attached hydrogens (tertiary/aromatic N) is 1. The van der Waals surface area contributed by atoms with Crippen molar-refractivity contribution in [1.82, 2.24) is 10.2 Å². The number of hydrogen-bond donors (Lipinski definition) is 2. The maximum Gasteiger partial charge on any atom is 0.255 e. The van der Waals surface area contributed by atoms with Gasteiger partial charge in [-0.1, -0.05) is 25.0 Å². The summed E-state index contributed by atoms with van der Waals surface area (Å²) in [7, 11) is 4.13. The molecule has 0 unspecified atom stereocenters. The van der Waals surface area contributed by atoms with Crippen LogP contribution in [0.5, 0.6) is 5.75 Å². The van der Waals surface area contributed by atoms with Crippen LogP contribution in [0, 0.1) is 0 Å². The first-order chi connectivity index (χ1) is 9.05. The van der Waals surface area contributed by atoms with Crippen molar-refractivity contribution in [3.63, 3.8) is 0 Å². The summed E-state index contributed by atoms with van der Waals surface area (Å²) >= 11 is 0. The van der Waals surface area contributed by atoms with E-state index in [4.69, 9.17) is 0 Å². The number of nitrogens with one attached hydrogen (secondary N) is 1. The molecule has 1 aromatic rings. The molecular formula is C15H22N2O2. The van der Waals surface area contributed by atoms with Crippen molar-refractivity contribution in [2.45, 2.75) is 31.2 Å². The number of carbonyl (C=O) groups excluding carboxylic acids is 1. The lowest BCUT2D eigenvalue weighted by Gasteiger charge is -2.36. The summed E-state index contributed by atoms with van der Waals surface area (Å²) in [5.74, 6) is -0.170. The Bertz CT molecular complexity index is 451. The second kappa shape index (κ2) is 5.61. The zero-order valence-corrected chi connectivity index (χ0v) is 11.6. The molecule has 1 fully saturated rings. The van der Waals surface area contributed by atoms with Gasteiger partial charge in [-0.25, -0.2) is 0 Å². The van der Waals surface area contributed by atoms with Crippen molar-refractivity contribution in [1.29, 1.82) is 0 Å². The number of amides is 1. The molecule has 0 spiro atoms. The molecule has 104 valence electrons. The number of likely N-dealkylation sites (N-methyl/N-ethyl adjacent to an activating group) is 1. The molecule has 2 rings (SSSR count). The number of hydrogen-bond acceptors (Lipinski definition) is 3. The molecule has 1 saturated carbocycles. The van der Waals surface area contributed by atoms with Crippen LogP contribution in [-0.2, 0) is 0 Å². The molecule has 1 amide bonds. The van der Waals surface area contributed by atoms with Gasteiger partial charge in [0.15, 0.2) is 0 Å². The smallest absolute Gasteiger partial charge is 0.255 e. The van der Waals surface area contributed by atoms with Gasteiger partial charge in [0.2, 0.25) is 0 Å². The molecule has 1 aliphatic rings. The highest BCUT2D eigenvalue weighted by Crippen LogP contribution is 2.33. The number of rotatable bonds is 4. The van der Waals surface area contributed by atoms with Crippen LogP contribution < -0.4 is 5.32 Å². The van der Waals surface area contributed by atoms with Crippen molar-refractivity contribution >= 4 is 5.91 Å². The molecular weight excluding hydrogens is 240 g/mol. The van der Waals surface area contributed by atoms with Gasteiger partial charge in [-0.2, -0.15) is 0 Å². The predicted molar refractivity (Wildman–Crippen MR) is 75.3 cm³/mol. The second-order valence-electron chi connectivity index (χ2n) is 5.53. The summed E-state index contributed by atoms with van der Waals surface area (Å²) in [4.78, 5) is 14.3. The van der Waals surface area contributed by atoms with E-state index in [-0.39, 0.29) is 17.2 Å². The SMILES string of the molecule is CN(C)C1(CNC(=O)c2ccccc2O)CCCC1. The van der Waals surface area contributed by atoms with Crippen LogP contribution >= 0.6 is 0 Å². The second-order valence-corrected chi connectivity index (χ2v) is 5.53. The van der Waals surface area contributed by atoms with Gasteiger partial charge in [-0.05, 0) is 39.1 Å². The van der Waals surface area contributed by atoms with E-state index < -0.39 is 0 Å². The zero-order valence-electron chi connectivity index (χ0n) is 11.6. The minimum absolute atomic E-state index is 0.0327. The van der Waals surface area contributed by atoms with E-state index >= 15 is 0 Å². The highest BCUT2D eigenvalue weighted by Gasteiger charge is 2.36. The van der Waals surface area contributed by atoms with E-state index in [9.17, 15) is 9.90 Å². The number of benzene rings is 1. The van der Waals surface area contributed by atoms with E-state index in [0.717, 1.165) is 12.8 Å². The summed E-state index contributed by atoms with van der Waals surface area (Å²) < 4.78 is 0. The van der Waals surface area contributed by atoms with Gasteiger partial charge in [0, 0.05) is 12.1 Å². The number of para-hydroxylation sites is 1. The third-order valence-electron chi connectivity index (χ3n) is 4.21. The normalized spacial score (nSPS) is 17.6. The van der Waals surface area contributed by atoms with Crippen molar-refractivity contribution in [2.75, 3.05) is 20.6 Å². The maximum atomic E-state index is 12.1. The van der Waals surface area contributed by atoms with E-state index in [1.165, 1.54) is 18.9 Å². The molecule has 0 heterocycles. The minimum Gasteiger partial charge on any atom is -0.507 e. The van der Waals surface area contributed by atoms with Gasteiger partial charge in [0.05, 0.1) is 5.56 Å². The molecule has 19 heavy (non-hydrogen) atoms. The van der Waals surface area contributed by atoms with Crippen molar-refractivity contribution in [2.24, 2.45) is 0 Å². The molecule has 1 aliphatic carbocycles. The van der Waals surface area contributed by atoms with Crippen LogP contribution in [0.2, 0.25) is 0 Å². The van der Waals surface area contributed by atoms with Crippen LogP contribution in [0.3, 0.4) is 0 Å². The topological polar surface area (TPSA) is 52.6 Å². The fourth-order valence-corrected chi connectivity index (χ4v) is 2.82. The Labute approximate surface area is 114 Å². The largest absolute Gasteiger partial charge is 0.507 e. The molecule has 1 aromatic carbocycles. The van der Waals surface area contributed by atoms with Gasteiger partial charge < -0.3 is 15.3 Å². The summed E-state index contributed by atoms with van der Waals surface area (Å²) in [6.07, 6.45) is 4.65. The van der Waals surface area contributed by atoms with Gasteiger partial charge in [-0.15, -0.1) is 0 Å². The standard InChI is InChI=1S/C15H22N2O2/c1-17(2)15(9-5-6-10-15)11-16-14(19)12-7-3-4-8-13(12)18/h3-4,7-8,18H,5-6,9-11H2,1-2H3,(H,16,19). The Morgan fingerprint density at radius 2 is 1.95 bits per heavy atom. The van der Waals surface area contributed by atoms with Crippen LogP contribution in [0.25, 0.3) is 0 Å². The van der Waals surface area contributed by atoms with Crippen LogP contribution in [0.1, 0.15) is 36.0 Å². The van der Waals surface area contributed by atoms with Gasteiger partial charge in [-0.3, -0.25) is 4.79 Å². The maximum absolute atomic E-state index is 12.1. The van der Waals surface area contributed by atoms with E-state index in [1.54, 1.807) is 18.2 Å². The minimum atomic E-state index is -0.203. The number of phenolic OH excluding ortho intramolecular Hbond substituents is 1. The summed E-state index contributed by atoms with van der Waals surface area (Å²) in [5, 5.41) is 12.6. The fourth-order valence-electron chi connectivity index (χ4n) is 2.82. The molecule has 0 bridgehead atoms. The molecule has 4 heteroatoms. The summed E-state index contributed by atoms with van der Waals surface area (Å²) in [5.41, 5.74) is 0.412. The lowest BCUT2D eigenvalue weighted by molar-refractivity contribution is 0.0897. The van der Waals surface area contributed by atoms with E-state index in [0.29, 0.717) is 12.1 Å². The zero-order chi connectivity index (χ0) is 13.9. The predicted octanol–water partition coefficient (Wildman–Crippen LogP) is 2.00. The third kappa shape index (κ3) is 2.89. The Kier molecular flexibility index (Phi) is 4.10. The Hall–Kier alpha value is -1.55. The highest BCUT2D eigenvalue weighted by molar-refractivity contribution is 5.96. The third-order valence-corrected chi connectivity index (χ3v) is 4.21. The van der Waals surface area contributed by atoms with Gasteiger partial charge in [0.25, 0.3) is 5.91 Å². The van der Waals surface area contributed by atoms with Crippen molar-refractivity contribution < 1.29 is 9.90 Å². The number of carbonyl (C=O) groups is 1. The molecule has 2 N–H and O–H groups in total. The van der Waals surface area contributed by atoms with Crippen LogP contribution in [0.4, 0.5) is 0 Å². The van der Waals surface area contributed by atoms with Crippen molar-refractivity contribution in [3.8, 4) is 5.75 Å². The van der Waals surface area contributed by atoms with E-state index in [2.05, 4.69) is 24.3 Å². The fraction of sp³-hybridized carbons (Fsp3) is 0.533. The Morgan fingerprint density at radius 1 is 1.32 bits per heavy atom. The monoisotopic (exact) mass is 262 g/mol. The lowest BCUT2D eigenvalue weighted by Crippen LogP contribution is -2.50. The first-order valence-corrected chi connectivity index (χ1v) is 6.79. The van der Waals surface area contributed by atoms with Gasteiger partial charge in [0.1, 0.15) is 5.75 Å². The first kappa shape index (κ1) is 13.9. The molecule has 4 nitrogen and oxygen atoms in total. The van der Waals surface area contributed by atoms with E-state index in [1.807, 2.05) is 0 Å². The lowest BCUT2D eigenvalue weighted by atomic mass is 9.96. The molecule has 0 atom stereocenters.